The van der Waals surface area contributed by atoms with Crippen LogP contribution in [-0.2, 0) is 21.5 Å². The van der Waals surface area contributed by atoms with Crippen LogP contribution in [-0.4, -0.2) is 77.7 Å². The second-order valence-corrected chi connectivity index (χ2v) is 9.75. The van der Waals surface area contributed by atoms with Crippen LogP contribution in [0.4, 0.5) is 4.39 Å². The van der Waals surface area contributed by atoms with Crippen LogP contribution in [0.3, 0.4) is 0 Å². The fraction of sp³-hybridized carbons (Fsp3) is 0.333. The molecule has 2 aromatic heterocycles. The lowest BCUT2D eigenvalue weighted by Crippen LogP contribution is -2.53. The monoisotopic (exact) mass is 445 g/mol. The van der Waals surface area contributed by atoms with Crippen molar-refractivity contribution in [2.75, 3.05) is 40.3 Å². The zero-order valence-electron chi connectivity index (χ0n) is 17.4. The van der Waals surface area contributed by atoms with Crippen LogP contribution in [0.2, 0.25) is 0 Å². The van der Waals surface area contributed by atoms with Gasteiger partial charge in [0.05, 0.1) is 5.69 Å². The number of benzene rings is 1. The second kappa shape index (κ2) is 8.37. The van der Waals surface area contributed by atoms with Gasteiger partial charge in [-0.3, -0.25) is 4.79 Å². The molecular formula is C21H24FN5O3S. The lowest BCUT2D eigenvalue weighted by molar-refractivity contribution is -0.132. The molecule has 0 spiro atoms. The van der Waals surface area contributed by atoms with Gasteiger partial charge >= 0.3 is 0 Å². The van der Waals surface area contributed by atoms with E-state index in [0.29, 0.717) is 18.7 Å². The third-order valence-electron chi connectivity index (χ3n) is 5.47. The summed E-state index contributed by atoms with van der Waals surface area (Å²) in [5.74, 6) is -0.445. The number of aromatic nitrogens is 2. The number of halogens is 1. The van der Waals surface area contributed by atoms with Crippen LogP contribution < -0.4 is 0 Å². The van der Waals surface area contributed by atoms with E-state index in [9.17, 15) is 17.6 Å². The molecule has 0 saturated carbocycles. The molecule has 1 aliphatic heterocycles. The van der Waals surface area contributed by atoms with Crippen LogP contribution in [0.1, 0.15) is 0 Å². The summed E-state index contributed by atoms with van der Waals surface area (Å²) in [5.41, 5.74) is 2.23. The summed E-state index contributed by atoms with van der Waals surface area (Å²) in [6, 6.07) is 11.8. The Hall–Kier alpha value is -2.82. The molecule has 164 valence electrons. The molecule has 3 heterocycles. The van der Waals surface area contributed by atoms with E-state index in [1.807, 2.05) is 22.8 Å². The Balaban J connectivity index is 1.57. The van der Waals surface area contributed by atoms with Gasteiger partial charge in [-0.05, 0) is 48.0 Å². The third kappa shape index (κ3) is 4.18. The summed E-state index contributed by atoms with van der Waals surface area (Å²) in [4.78, 5) is 19.2. The molecule has 0 N–H and O–H groups in total. The first kappa shape index (κ1) is 21.4. The van der Waals surface area contributed by atoms with Gasteiger partial charge < -0.3 is 9.47 Å². The van der Waals surface area contributed by atoms with Crippen molar-refractivity contribution >= 4 is 27.1 Å². The van der Waals surface area contributed by atoms with Gasteiger partial charge in [0.25, 0.3) is 10.2 Å². The Bertz CT molecular complexity index is 1200. The number of carbonyl (C=O) groups is 1. The highest BCUT2D eigenvalue weighted by Gasteiger charge is 2.30. The summed E-state index contributed by atoms with van der Waals surface area (Å²) in [5, 5.41) is 0.886. The number of rotatable bonds is 5. The van der Waals surface area contributed by atoms with Crippen LogP contribution in [0, 0.1) is 5.82 Å². The summed E-state index contributed by atoms with van der Waals surface area (Å²) < 4.78 is 42.4. The molecule has 4 rings (SSSR count). The van der Waals surface area contributed by atoms with Gasteiger partial charge in [-0.15, -0.1) is 0 Å². The minimum atomic E-state index is -3.49. The molecule has 31 heavy (non-hydrogen) atoms. The van der Waals surface area contributed by atoms with Crippen LogP contribution >= 0.6 is 0 Å². The van der Waals surface area contributed by atoms with Gasteiger partial charge in [0, 0.05) is 51.9 Å². The minimum absolute atomic E-state index is 0.0631. The molecule has 0 bridgehead atoms. The van der Waals surface area contributed by atoms with E-state index in [0.717, 1.165) is 16.6 Å². The fourth-order valence-electron chi connectivity index (χ4n) is 3.74. The van der Waals surface area contributed by atoms with Gasteiger partial charge in [-0.25, -0.2) is 9.37 Å². The van der Waals surface area contributed by atoms with E-state index in [4.69, 9.17) is 0 Å². The van der Waals surface area contributed by atoms with E-state index < -0.39 is 10.2 Å². The zero-order valence-corrected chi connectivity index (χ0v) is 18.2. The van der Waals surface area contributed by atoms with E-state index in [1.54, 1.807) is 23.2 Å². The third-order valence-corrected chi connectivity index (χ3v) is 7.41. The maximum absolute atomic E-state index is 13.4. The van der Waals surface area contributed by atoms with Gasteiger partial charge in [0.15, 0.2) is 0 Å². The van der Waals surface area contributed by atoms with Gasteiger partial charge in [0.1, 0.15) is 18.0 Å². The highest BCUT2D eigenvalue weighted by atomic mass is 32.2. The summed E-state index contributed by atoms with van der Waals surface area (Å²) in [6.07, 6.45) is 1.67. The van der Waals surface area contributed by atoms with Crippen molar-refractivity contribution < 1.29 is 17.6 Å². The Morgan fingerprint density at radius 3 is 2.42 bits per heavy atom. The van der Waals surface area contributed by atoms with Crippen molar-refractivity contribution in [2.24, 2.45) is 0 Å². The van der Waals surface area contributed by atoms with E-state index in [-0.39, 0.29) is 31.4 Å². The molecule has 3 aromatic rings. The number of hydrogen-bond acceptors (Lipinski definition) is 4. The fourth-order valence-corrected chi connectivity index (χ4v) is 4.83. The molecule has 1 fully saturated rings. The van der Waals surface area contributed by atoms with E-state index in [2.05, 4.69) is 4.98 Å². The quantitative estimate of drug-likeness (QED) is 0.600. The molecule has 0 unspecified atom stereocenters. The summed E-state index contributed by atoms with van der Waals surface area (Å²) in [6.45, 7) is 1.21. The molecule has 8 nitrogen and oxygen atoms in total. The van der Waals surface area contributed by atoms with Crippen molar-refractivity contribution in [2.45, 2.75) is 6.54 Å². The maximum atomic E-state index is 13.4. The Morgan fingerprint density at radius 2 is 1.77 bits per heavy atom. The van der Waals surface area contributed by atoms with Crippen molar-refractivity contribution in [3.8, 4) is 11.3 Å². The first-order valence-corrected chi connectivity index (χ1v) is 11.3. The maximum Gasteiger partial charge on any atom is 0.281 e. The number of pyridine rings is 1. The number of amides is 1. The molecule has 1 saturated heterocycles. The average Bonchev–Trinajstić information content (AvgIpc) is 3.12. The zero-order chi connectivity index (χ0) is 22.2. The topological polar surface area (TPSA) is 78.8 Å². The Morgan fingerprint density at radius 1 is 1.10 bits per heavy atom. The lowest BCUT2D eigenvalue weighted by atomic mass is 10.1. The number of hydrogen-bond donors (Lipinski definition) is 0. The van der Waals surface area contributed by atoms with Crippen LogP contribution in [0.15, 0.2) is 48.7 Å². The molecule has 1 aliphatic rings. The lowest BCUT2D eigenvalue weighted by Gasteiger charge is -2.35. The van der Waals surface area contributed by atoms with E-state index in [1.165, 1.54) is 34.8 Å². The molecule has 1 aromatic carbocycles. The molecule has 0 radical (unpaired) electrons. The average molecular weight is 446 g/mol. The number of piperazine rings is 1. The van der Waals surface area contributed by atoms with Crippen molar-refractivity contribution in [1.29, 1.82) is 0 Å². The molecule has 1 amide bonds. The van der Waals surface area contributed by atoms with Crippen molar-refractivity contribution in [3.63, 3.8) is 0 Å². The SMILES string of the molecule is CN(C)S(=O)(=O)N1CCN(C(=O)Cn2c(-c3ccc(F)cc3)cc3cccnc32)CC1. The van der Waals surface area contributed by atoms with Gasteiger partial charge in [-0.2, -0.15) is 17.0 Å². The predicted octanol–water partition coefficient (Wildman–Crippen LogP) is 1.79. The summed E-state index contributed by atoms with van der Waals surface area (Å²) >= 11 is 0. The first-order chi connectivity index (χ1) is 14.8. The highest BCUT2D eigenvalue weighted by Crippen LogP contribution is 2.27. The Labute approximate surface area is 180 Å². The standard InChI is InChI=1S/C21H24FN5O3S/c1-24(2)31(29,30)26-12-10-25(11-13-26)20(28)15-27-19(16-5-7-18(22)8-6-16)14-17-4-3-9-23-21(17)27/h3-9,14H,10-13,15H2,1-2H3. The van der Waals surface area contributed by atoms with Crippen molar-refractivity contribution in [3.05, 3.63) is 54.5 Å². The molecule has 0 atom stereocenters. The minimum Gasteiger partial charge on any atom is -0.338 e. The summed E-state index contributed by atoms with van der Waals surface area (Å²) in [7, 11) is -0.503. The van der Waals surface area contributed by atoms with Crippen molar-refractivity contribution in [1.82, 2.24) is 23.1 Å². The second-order valence-electron chi connectivity index (χ2n) is 7.61. The Kier molecular flexibility index (Phi) is 5.78. The molecule has 0 aliphatic carbocycles. The van der Waals surface area contributed by atoms with Gasteiger partial charge in [-0.1, -0.05) is 0 Å². The van der Waals surface area contributed by atoms with Crippen LogP contribution in [0.25, 0.3) is 22.3 Å². The first-order valence-electron chi connectivity index (χ1n) is 9.93. The number of nitrogens with zero attached hydrogens (tertiary/aromatic N) is 5. The largest absolute Gasteiger partial charge is 0.338 e. The smallest absolute Gasteiger partial charge is 0.281 e. The molecular weight excluding hydrogens is 421 g/mol. The molecule has 10 heteroatoms. The predicted molar refractivity (Wildman–Crippen MR) is 116 cm³/mol. The normalized spacial score (nSPS) is 15.7. The van der Waals surface area contributed by atoms with Crippen LogP contribution in [0.5, 0.6) is 0 Å². The highest BCUT2D eigenvalue weighted by molar-refractivity contribution is 7.86. The van der Waals surface area contributed by atoms with Gasteiger partial charge in [0.2, 0.25) is 5.91 Å². The number of fused-ring (bicyclic) bond motifs is 1. The number of carbonyl (C=O) groups excluding carboxylic acids is 1. The van der Waals surface area contributed by atoms with E-state index >= 15 is 0 Å².